The van der Waals surface area contributed by atoms with E-state index in [1.54, 1.807) is 62.4 Å². The highest BCUT2D eigenvalue weighted by molar-refractivity contribution is 5.97. The first-order valence-corrected chi connectivity index (χ1v) is 11.6. The maximum Gasteiger partial charge on any atom is 0.253 e. The molecule has 0 heterocycles. The van der Waals surface area contributed by atoms with Crippen molar-refractivity contribution in [3.63, 3.8) is 0 Å². The summed E-state index contributed by atoms with van der Waals surface area (Å²) in [6, 6.07) is 21.4. The fourth-order valence-corrected chi connectivity index (χ4v) is 3.46. The fraction of sp³-hybridized carbons (Fsp3) is 0.286. The zero-order chi connectivity index (χ0) is 25.9. The Kier molecular flexibility index (Phi) is 9.56. The predicted molar refractivity (Wildman–Crippen MR) is 137 cm³/mol. The van der Waals surface area contributed by atoms with Gasteiger partial charge in [0.25, 0.3) is 11.8 Å². The zero-order valence-corrected chi connectivity index (χ0v) is 21.1. The Hall–Kier alpha value is -4.20. The summed E-state index contributed by atoms with van der Waals surface area (Å²) in [6.07, 6.45) is 0. The number of ether oxygens (including phenoxy) is 4. The molecule has 0 unspecified atom stereocenters. The van der Waals surface area contributed by atoms with Crippen molar-refractivity contribution < 1.29 is 28.5 Å². The van der Waals surface area contributed by atoms with E-state index in [2.05, 4.69) is 0 Å². The first-order valence-electron chi connectivity index (χ1n) is 11.6. The molecule has 0 radical (unpaired) electrons. The standard InChI is InChI=1S/C28H32N2O6/c1-29(17-19-35-25-11-7-5-9-23(25)33-3)27(31)21-13-15-22(16-14-21)28(32)30(2)18-20-36-26-12-8-6-10-24(26)34-4/h5-16H,17-20H2,1-4H3. The third-order valence-electron chi connectivity index (χ3n) is 5.58. The fourth-order valence-electron chi connectivity index (χ4n) is 3.46. The molecule has 8 nitrogen and oxygen atoms in total. The minimum absolute atomic E-state index is 0.156. The van der Waals surface area contributed by atoms with E-state index in [1.165, 1.54) is 0 Å². The lowest BCUT2D eigenvalue weighted by Gasteiger charge is -2.19. The lowest BCUT2D eigenvalue weighted by molar-refractivity contribution is 0.0762. The van der Waals surface area contributed by atoms with Crippen molar-refractivity contribution in [1.29, 1.82) is 0 Å². The van der Waals surface area contributed by atoms with Gasteiger partial charge in [0, 0.05) is 25.2 Å². The molecule has 0 aliphatic carbocycles. The van der Waals surface area contributed by atoms with Crippen molar-refractivity contribution in [1.82, 2.24) is 9.80 Å². The van der Waals surface area contributed by atoms with Crippen LogP contribution in [0.1, 0.15) is 20.7 Å². The Balaban J connectivity index is 1.48. The Bertz CT molecular complexity index is 1060. The lowest BCUT2D eigenvalue weighted by atomic mass is 10.1. The van der Waals surface area contributed by atoms with Crippen molar-refractivity contribution in [3.8, 4) is 23.0 Å². The summed E-state index contributed by atoms with van der Waals surface area (Å²) < 4.78 is 22.0. The van der Waals surface area contributed by atoms with Crippen LogP contribution in [0.25, 0.3) is 0 Å². The monoisotopic (exact) mass is 492 g/mol. The van der Waals surface area contributed by atoms with Crippen LogP contribution in [0.15, 0.2) is 72.8 Å². The highest BCUT2D eigenvalue weighted by atomic mass is 16.5. The van der Waals surface area contributed by atoms with Crippen molar-refractivity contribution in [2.75, 3.05) is 54.6 Å². The van der Waals surface area contributed by atoms with Gasteiger partial charge >= 0.3 is 0 Å². The van der Waals surface area contributed by atoms with Crippen molar-refractivity contribution in [3.05, 3.63) is 83.9 Å². The summed E-state index contributed by atoms with van der Waals surface area (Å²) in [7, 11) is 6.59. The number of carbonyl (C=O) groups excluding carboxylic acids is 2. The number of likely N-dealkylation sites (N-methyl/N-ethyl adjacent to an activating group) is 2. The van der Waals surface area contributed by atoms with E-state index in [0.29, 0.717) is 60.4 Å². The van der Waals surface area contributed by atoms with Crippen molar-refractivity contribution in [2.45, 2.75) is 0 Å². The van der Waals surface area contributed by atoms with Gasteiger partial charge in [-0.3, -0.25) is 9.59 Å². The van der Waals surface area contributed by atoms with Crippen molar-refractivity contribution in [2.24, 2.45) is 0 Å². The molecule has 2 amide bonds. The third kappa shape index (κ3) is 6.91. The van der Waals surface area contributed by atoms with Crippen LogP contribution in [0, 0.1) is 0 Å². The van der Waals surface area contributed by atoms with E-state index in [1.807, 2.05) is 48.5 Å². The number of rotatable bonds is 12. The van der Waals surface area contributed by atoms with E-state index >= 15 is 0 Å². The normalized spacial score (nSPS) is 10.3. The zero-order valence-electron chi connectivity index (χ0n) is 21.1. The van der Waals surface area contributed by atoms with Gasteiger partial charge in [-0.1, -0.05) is 24.3 Å². The van der Waals surface area contributed by atoms with Gasteiger partial charge in [0.1, 0.15) is 13.2 Å². The number of hydrogen-bond acceptors (Lipinski definition) is 6. The topological polar surface area (TPSA) is 77.5 Å². The van der Waals surface area contributed by atoms with Crippen LogP contribution in [0.5, 0.6) is 23.0 Å². The SMILES string of the molecule is COc1ccccc1OCCN(C)C(=O)c1ccc(C(=O)N(C)CCOc2ccccc2OC)cc1. The van der Waals surface area contributed by atoms with E-state index < -0.39 is 0 Å². The average molecular weight is 493 g/mol. The molecule has 0 aromatic heterocycles. The van der Waals surface area contributed by atoms with E-state index in [-0.39, 0.29) is 11.8 Å². The molecule has 0 bridgehead atoms. The van der Waals surface area contributed by atoms with Gasteiger partial charge < -0.3 is 28.7 Å². The summed E-state index contributed by atoms with van der Waals surface area (Å²) >= 11 is 0. The second kappa shape index (κ2) is 13.0. The number of benzene rings is 3. The van der Waals surface area contributed by atoms with Crippen LogP contribution in [-0.2, 0) is 0 Å². The Labute approximate surface area is 211 Å². The molecule has 0 fully saturated rings. The number of amides is 2. The van der Waals surface area contributed by atoms with E-state index in [4.69, 9.17) is 18.9 Å². The van der Waals surface area contributed by atoms with Gasteiger partial charge in [-0.25, -0.2) is 0 Å². The number of methoxy groups -OCH3 is 2. The van der Waals surface area contributed by atoms with Gasteiger partial charge in [0.05, 0.1) is 27.3 Å². The smallest absolute Gasteiger partial charge is 0.253 e. The molecule has 0 saturated carbocycles. The number of hydrogen-bond donors (Lipinski definition) is 0. The molecule has 0 aliphatic rings. The van der Waals surface area contributed by atoms with Crippen molar-refractivity contribution >= 4 is 11.8 Å². The quantitative estimate of drug-likeness (QED) is 0.380. The van der Waals surface area contributed by atoms with Crippen LogP contribution in [0.2, 0.25) is 0 Å². The van der Waals surface area contributed by atoms with Gasteiger partial charge in [-0.05, 0) is 48.5 Å². The molecule has 190 valence electrons. The van der Waals surface area contributed by atoms with Crippen LogP contribution in [0.4, 0.5) is 0 Å². The van der Waals surface area contributed by atoms with Crippen LogP contribution >= 0.6 is 0 Å². The van der Waals surface area contributed by atoms with Crippen LogP contribution in [0.3, 0.4) is 0 Å². The first-order chi connectivity index (χ1) is 17.4. The molecular weight excluding hydrogens is 460 g/mol. The number of nitrogens with zero attached hydrogens (tertiary/aromatic N) is 2. The maximum absolute atomic E-state index is 12.8. The molecule has 3 rings (SSSR count). The highest BCUT2D eigenvalue weighted by Crippen LogP contribution is 2.26. The minimum Gasteiger partial charge on any atom is -0.493 e. The van der Waals surface area contributed by atoms with Crippen LogP contribution < -0.4 is 18.9 Å². The van der Waals surface area contributed by atoms with Crippen LogP contribution in [-0.4, -0.2) is 76.2 Å². The second-order valence-electron chi connectivity index (χ2n) is 8.03. The molecule has 3 aromatic rings. The summed E-state index contributed by atoms with van der Waals surface area (Å²) in [5, 5.41) is 0. The molecule has 0 saturated heterocycles. The molecule has 36 heavy (non-hydrogen) atoms. The molecule has 0 aliphatic heterocycles. The number of para-hydroxylation sites is 4. The minimum atomic E-state index is -0.156. The molecule has 0 N–H and O–H groups in total. The summed E-state index contributed by atoms with van der Waals surface area (Å²) in [4.78, 5) is 28.7. The molecule has 8 heteroatoms. The van der Waals surface area contributed by atoms with Gasteiger partial charge in [0.2, 0.25) is 0 Å². The molecule has 3 aromatic carbocycles. The third-order valence-corrected chi connectivity index (χ3v) is 5.58. The first kappa shape index (κ1) is 26.4. The molecule has 0 atom stereocenters. The van der Waals surface area contributed by atoms with Gasteiger partial charge in [0.15, 0.2) is 23.0 Å². The average Bonchev–Trinajstić information content (AvgIpc) is 2.92. The summed E-state index contributed by atoms with van der Waals surface area (Å²) in [5.74, 6) is 2.22. The number of carbonyl (C=O) groups is 2. The Morgan fingerprint density at radius 3 is 1.25 bits per heavy atom. The highest BCUT2D eigenvalue weighted by Gasteiger charge is 2.16. The van der Waals surface area contributed by atoms with E-state index in [0.717, 1.165) is 0 Å². The van der Waals surface area contributed by atoms with Gasteiger partial charge in [-0.15, -0.1) is 0 Å². The maximum atomic E-state index is 12.8. The second-order valence-corrected chi connectivity index (χ2v) is 8.03. The molecular formula is C28H32N2O6. The van der Waals surface area contributed by atoms with E-state index in [9.17, 15) is 9.59 Å². The summed E-state index contributed by atoms with van der Waals surface area (Å²) in [5.41, 5.74) is 0.988. The largest absolute Gasteiger partial charge is 0.493 e. The Morgan fingerprint density at radius 1 is 0.583 bits per heavy atom. The summed E-state index contributed by atoms with van der Waals surface area (Å²) in [6.45, 7) is 1.43. The predicted octanol–water partition coefficient (Wildman–Crippen LogP) is 4.01. The molecule has 0 spiro atoms. The van der Waals surface area contributed by atoms with Gasteiger partial charge in [-0.2, -0.15) is 0 Å². The Morgan fingerprint density at radius 2 is 0.917 bits per heavy atom. The lowest BCUT2D eigenvalue weighted by Crippen LogP contribution is -2.32.